The number of benzene rings is 1. The largest absolute Gasteiger partial charge is 0.380 e. The molecule has 0 spiro atoms. The van der Waals surface area contributed by atoms with Crippen LogP contribution in [0, 0.1) is 10.1 Å². The number of sulfonamides is 1. The molecule has 9 heteroatoms. The first-order chi connectivity index (χ1) is 9.94. The van der Waals surface area contributed by atoms with Gasteiger partial charge in [-0.2, -0.15) is 0 Å². The Hall–Kier alpha value is -1.97. The second-order valence-electron chi connectivity index (χ2n) is 4.11. The summed E-state index contributed by atoms with van der Waals surface area (Å²) in [7, 11) is -2.22. The lowest BCUT2D eigenvalue weighted by atomic mass is 10.3. The Balaban J connectivity index is 2.18. The van der Waals surface area contributed by atoms with Crippen molar-refractivity contribution in [1.29, 1.82) is 0 Å². The van der Waals surface area contributed by atoms with Crippen molar-refractivity contribution >= 4 is 32.0 Å². The second-order valence-corrected chi connectivity index (χ2v) is 6.85. The van der Waals surface area contributed by atoms with Crippen molar-refractivity contribution in [2.24, 2.45) is 0 Å². The molecule has 0 amide bonds. The number of hydrogen-bond donors (Lipinski definition) is 2. The summed E-state index contributed by atoms with van der Waals surface area (Å²) in [4.78, 5) is 10.3. The van der Waals surface area contributed by atoms with Gasteiger partial charge < -0.3 is 5.32 Å². The number of nitrogens with one attached hydrogen (secondary N) is 2. The minimum atomic E-state index is -3.56. The maximum atomic E-state index is 11.9. The van der Waals surface area contributed by atoms with Gasteiger partial charge in [-0.1, -0.05) is 23.5 Å². The first-order valence-corrected chi connectivity index (χ1v) is 8.28. The summed E-state index contributed by atoms with van der Waals surface area (Å²) in [5.41, 5.74) is 1.17. The highest BCUT2D eigenvalue weighted by Gasteiger charge is 2.16. The molecule has 0 saturated carbocycles. The lowest BCUT2D eigenvalue weighted by Crippen LogP contribution is -2.20. The number of nitrogens with zero attached hydrogens (tertiary/aromatic N) is 1. The van der Waals surface area contributed by atoms with Crippen LogP contribution in [0.4, 0.5) is 10.7 Å². The Morgan fingerprint density at radius 3 is 2.67 bits per heavy atom. The zero-order valence-corrected chi connectivity index (χ0v) is 12.7. The molecule has 21 heavy (non-hydrogen) atoms. The Kier molecular flexibility index (Phi) is 4.56. The molecule has 0 atom stereocenters. The molecule has 0 fully saturated rings. The lowest BCUT2D eigenvalue weighted by molar-refractivity contribution is -0.380. The minimum Gasteiger partial charge on any atom is -0.380 e. The van der Waals surface area contributed by atoms with Crippen LogP contribution in [0.5, 0.6) is 0 Å². The van der Waals surface area contributed by atoms with Crippen LogP contribution in [0.25, 0.3) is 0 Å². The third-order valence-corrected chi connectivity index (χ3v) is 5.15. The van der Waals surface area contributed by atoms with E-state index < -0.39 is 14.9 Å². The fourth-order valence-electron chi connectivity index (χ4n) is 1.71. The van der Waals surface area contributed by atoms with E-state index in [4.69, 9.17) is 0 Å². The van der Waals surface area contributed by atoms with E-state index in [-0.39, 0.29) is 9.90 Å². The van der Waals surface area contributed by atoms with Gasteiger partial charge in [0.05, 0.1) is 10.6 Å². The highest BCUT2D eigenvalue weighted by Crippen LogP contribution is 2.25. The van der Waals surface area contributed by atoms with Crippen LogP contribution in [0.3, 0.4) is 0 Å². The van der Waals surface area contributed by atoms with Gasteiger partial charge in [0.2, 0.25) is 10.0 Å². The van der Waals surface area contributed by atoms with Crippen molar-refractivity contribution in [2.45, 2.75) is 11.4 Å². The van der Waals surface area contributed by atoms with E-state index in [1.54, 1.807) is 23.6 Å². The number of anilines is 1. The molecule has 0 radical (unpaired) electrons. The molecule has 2 N–H and O–H groups in total. The van der Waals surface area contributed by atoms with Gasteiger partial charge in [-0.05, 0) is 24.7 Å². The summed E-state index contributed by atoms with van der Waals surface area (Å²) in [6, 6.07) is 7.94. The van der Waals surface area contributed by atoms with Crippen molar-refractivity contribution in [3.05, 3.63) is 51.4 Å². The molecule has 0 aliphatic heterocycles. The molecule has 0 aliphatic carbocycles. The minimum absolute atomic E-state index is 0.0583. The number of para-hydroxylation sites is 1. The monoisotopic (exact) mass is 327 g/mol. The van der Waals surface area contributed by atoms with Gasteiger partial charge in [-0.3, -0.25) is 10.1 Å². The van der Waals surface area contributed by atoms with Crippen LogP contribution in [-0.2, 0) is 16.6 Å². The molecule has 0 aliphatic rings. The first kappa shape index (κ1) is 15.4. The molecule has 2 aromatic rings. The van der Waals surface area contributed by atoms with E-state index in [1.807, 2.05) is 0 Å². The fraction of sp³-hybridized carbons (Fsp3) is 0.167. The zero-order chi connectivity index (χ0) is 15.5. The maximum absolute atomic E-state index is 11.9. The molecule has 0 bridgehead atoms. The van der Waals surface area contributed by atoms with E-state index >= 15 is 0 Å². The summed E-state index contributed by atoms with van der Waals surface area (Å²) in [5.74, 6) is 0. The Labute approximate surface area is 125 Å². The smallest absolute Gasteiger partial charge is 0.324 e. The number of rotatable bonds is 6. The van der Waals surface area contributed by atoms with Crippen LogP contribution in [0.15, 0.2) is 40.6 Å². The molecular formula is C12H13N3O4S2. The highest BCUT2D eigenvalue weighted by molar-refractivity contribution is 7.89. The third kappa shape index (κ3) is 3.57. The van der Waals surface area contributed by atoms with E-state index in [9.17, 15) is 18.5 Å². The molecule has 0 unspecified atom stereocenters. The molecular weight excluding hydrogens is 314 g/mol. The van der Waals surface area contributed by atoms with Crippen LogP contribution in [0.2, 0.25) is 0 Å². The first-order valence-electron chi connectivity index (χ1n) is 5.92. The van der Waals surface area contributed by atoms with Gasteiger partial charge in [0.25, 0.3) is 0 Å². The van der Waals surface area contributed by atoms with E-state index in [0.717, 1.165) is 16.9 Å². The summed E-state index contributed by atoms with van der Waals surface area (Å²) in [5, 5.41) is 15.3. The van der Waals surface area contributed by atoms with Crippen LogP contribution >= 0.6 is 11.3 Å². The molecule has 112 valence electrons. The Morgan fingerprint density at radius 2 is 2.05 bits per heavy atom. The van der Waals surface area contributed by atoms with Crippen molar-refractivity contribution in [2.75, 3.05) is 12.4 Å². The van der Waals surface area contributed by atoms with Gasteiger partial charge >= 0.3 is 5.00 Å². The quantitative estimate of drug-likeness (QED) is 0.625. The predicted octanol–water partition coefficient (Wildman–Crippen LogP) is 2.18. The van der Waals surface area contributed by atoms with Crippen molar-refractivity contribution < 1.29 is 13.3 Å². The zero-order valence-electron chi connectivity index (χ0n) is 11.1. The molecule has 2 rings (SSSR count). The maximum Gasteiger partial charge on any atom is 0.324 e. The molecule has 1 heterocycles. The highest BCUT2D eigenvalue weighted by atomic mass is 32.2. The van der Waals surface area contributed by atoms with Crippen LogP contribution in [-0.4, -0.2) is 20.4 Å². The van der Waals surface area contributed by atoms with Gasteiger partial charge in [-0.25, -0.2) is 13.1 Å². The van der Waals surface area contributed by atoms with Gasteiger partial charge in [-0.15, -0.1) is 0 Å². The number of hydrogen-bond acceptors (Lipinski definition) is 6. The van der Waals surface area contributed by atoms with Gasteiger partial charge in [0.15, 0.2) is 0 Å². The molecule has 7 nitrogen and oxygen atoms in total. The van der Waals surface area contributed by atoms with Crippen molar-refractivity contribution in [1.82, 2.24) is 4.72 Å². The topological polar surface area (TPSA) is 101 Å². The molecule has 0 saturated heterocycles. The normalized spacial score (nSPS) is 11.3. The van der Waals surface area contributed by atoms with E-state index in [2.05, 4.69) is 10.0 Å². The Morgan fingerprint density at radius 1 is 1.33 bits per heavy atom. The van der Waals surface area contributed by atoms with E-state index in [1.165, 1.54) is 19.2 Å². The summed E-state index contributed by atoms with van der Waals surface area (Å²) >= 11 is 1.04. The molecule has 1 aromatic heterocycles. The van der Waals surface area contributed by atoms with Crippen LogP contribution in [0.1, 0.15) is 5.56 Å². The van der Waals surface area contributed by atoms with Gasteiger partial charge in [0.1, 0.15) is 4.90 Å². The lowest BCUT2D eigenvalue weighted by Gasteiger charge is -2.11. The Bertz CT molecular complexity index is 755. The van der Waals surface area contributed by atoms with Gasteiger partial charge in [0, 0.05) is 18.0 Å². The SMILES string of the molecule is CNS(=O)(=O)c1ccccc1NCc1csc([N+](=O)[O-])c1. The fourth-order valence-corrected chi connectivity index (χ4v) is 3.34. The third-order valence-electron chi connectivity index (χ3n) is 2.75. The number of nitro groups is 1. The molecule has 1 aromatic carbocycles. The van der Waals surface area contributed by atoms with Crippen LogP contribution < -0.4 is 10.0 Å². The number of thiophene rings is 1. The second kappa shape index (κ2) is 6.20. The summed E-state index contributed by atoms with van der Waals surface area (Å²) < 4.78 is 26.0. The van der Waals surface area contributed by atoms with Crippen molar-refractivity contribution in [3.8, 4) is 0 Å². The summed E-state index contributed by atoms with van der Waals surface area (Å²) in [6.45, 7) is 0.306. The predicted molar refractivity (Wildman–Crippen MR) is 81.0 cm³/mol. The summed E-state index contributed by atoms with van der Waals surface area (Å²) in [6.07, 6.45) is 0. The standard InChI is InChI=1S/C12H13N3O4S2/c1-13-21(18,19)11-5-3-2-4-10(11)14-7-9-6-12(15(16)17)20-8-9/h2-6,8,13-14H,7H2,1H3. The average Bonchev–Trinajstić information content (AvgIpc) is 2.94. The van der Waals surface area contributed by atoms with Crippen molar-refractivity contribution in [3.63, 3.8) is 0 Å². The average molecular weight is 327 g/mol. The van der Waals surface area contributed by atoms with E-state index in [0.29, 0.717) is 12.2 Å².